The Morgan fingerprint density at radius 3 is 2.50 bits per heavy atom. The maximum Gasteiger partial charge on any atom is 0.0197 e. The van der Waals surface area contributed by atoms with Crippen molar-refractivity contribution in [2.75, 3.05) is 0 Å². The molecule has 2 aliphatic carbocycles. The number of aryl methyl sites for hydroxylation is 1. The Hall–Kier alpha value is -0.820. The summed E-state index contributed by atoms with van der Waals surface area (Å²) in [5.74, 6) is 1.94. The van der Waals surface area contributed by atoms with Crippen LogP contribution in [0.25, 0.3) is 0 Å². The molecular weight excluding hydrogens is 218 g/mol. The predicted octanol–water partition coefficient (Wildman–Crippen LogP) is 3.84. The molecule has 0 aromatic heterocycles. The van der Waals surface area contributed by atoms with E-state index in [1.54, 1.807) is 0 Å². The summed E-state index contributed by atoms with van der Waals surface area (Å²) in [6, 6.07) is 8.93. The minimum atomic E-state index is 0.0702. The average molecular weight is 243 g/mol. The molecule has 2 saturated carbocycles. The lowest BCUT2D eigenvalue weighted by Crippen LogP contribution is -2.46. The molecule has 0 amide bonds. The van der Waals surface area contributed by atoms with Gasteiger partial charge in [-0.3, -0.25) is 0 Å². The van der Waals surface area contributed by atoms with Crippen LogP contribution < -0.4 is 5.73 Å². The van der Waals surface area contributed by atoms with Crippen molar-refractivity contribution >= 4 is 0 Å². The first-order valence-electron chi connectivity index (χ1n) is 7.49. The molecule has 2 atom stereocenters. The van der Waals surface area contributed by atoms with Crippen molar-refractivity contribution in [2.24, 2.45) is 17.6 Å². The first kappa shape index (κ1) is 12.2. The molecule has 0 saturated heterocycles. The van der Waals surface area contributed by atoms with Gasteiger partial charge in [0.05, 0.1) is 0 Å². The lowest BCUT2D eigenvalue weighted by Gasteiger charge is -2.38. The van der Waals surface area contributed by atoms with Crippen LogP contribution in [0.2, 0.25) is 0 Å². The van der Waals surface area contributed by atoms with Crippen LogP contribution in [0, 0.1) is 18.8 Å². The van der Waals surface area contributed by atoms with Crippen molar-refractivity contribution in [3.05, 3.63) is 35.4 Å². The van der Waals surface area contributed by atoms with Gasteiger partial charge in [-0.15, -0.1) is 0 Å². The molecule has 1 aromatic rings. The van der Waals surface area contributed by atoms with E-state index in [1.807, 2.05) is 0 Å². The van der Waals surface area contributed by atoms with E-state index in [1.165, 1.54) is 49.7 Å². The lowest BCUT2D eigenvalue weighted by molar-refractivity contribution is 0.204. The first-order chi connectivity index (χ1) is 8.65. The Labute approximate surface area is 111 Å². The second-order valence-corrected chi connectivity index (χ2v) is 6.72. The van der Waals surface area contributed by atoms with Crippen LogP contribution in [0.1, 0.15) is 49.7 Å². The molecule has 18 heavy (non-hydrogen) atoms. The van der Waals surface area contributed by atoms with Crippen molar-refractivity contribution in [1.29, 1.82) is 0 Å². The summed E-state index contributed by atoms with van der Waals surface area (Å²) in [4.78, 5) is 0. The van der Waals surface area contributed by atoms with Crippen LogP contribution in [-0.2, 0) is 6.42 Å². The first-order valence-corrected chi connectivity index (χ1v) is 7.49. The molecule has 0 spiro atoms. The number of benzene rings is 1. The third-order valence-electron chi connectivity index (χ3n) is 4.88. The highest BCUT2D eigenvalue weighted by molar-refractivity contribution is 5.23. The molecular formula is C17H25N. The van der Waals surface area contributed by atoms with E-state index in [-0.39, 0.29) is 5.54 Å². The van der Waals surface area contributed by atoms with Crippen molar-refractivity contribution in [3.8, 4) is 0 Å². The molecule has 3 rings (SSSR count). The normalized spacial score (nSPS) is 32.4. The van der Waals surface area contributed by atoms with Gasteiger partial charge in [0, 0.05) is 5.54 Å². The molecule has 0 bridgehead atoms. The van der Waals surface area contributed by atoms with E-state index >= 15 is 0 Å². The third-order valence-corrected chi connectivity index (χ3v) is 4.88. The summed E-state index contributed by atoms with van der Waals surface area (Å²) in [5.41, 5.74) is 9.51. The number of nitrogens with two attached hydrogens (primary N) is 1. The second kappa shape index (κ2) is 4.70. The maximum atomic E-state index is 6.69. The van der Waals surface area contributed by atoms with E-state index in [0.717, 1.165) is 18.3 Å². The summed E-state index contributed by atoms with van der Waals surface area (Å²) in [5, 5.41) is 0. The third kappa shape index (κ3) is 2.77. The van der Waals surface area contributed by atoms with E-state index < -0.39 is 0 Å². The Morgan fingerprint density at radius 1 is 1.11 bits per heavy atom. The second-order valence-electron chi connectivity index (χ2n) is 6.72. The minimum absolute atomic E-state index is 0.0702. The van der Waals surface area contributed by atoms with Crippen LogP contribution in [0.4, 0.5) is 0 Å². The van der Waals surface area contributed by atoms with E-state index in [9.17, 15) is 0 Å². The smallest absolute Gasteiger partial charge is 0.0197 e. The highest BCUT2D eigenvalue weighted by atomic mass is 14.8. The molecule has 2 N–H and O–H groups in total. The van der Waals surface area contributed by atoms with Gasteiger partial charge in [-0.1, -0.05) is 42.7 Å². The Morgan fingerprint density at radius 2 is 1.83 bits per heavy atom. The SMILES string of the molecule is Cc1ccc(CC2(N)CCCC(C3CC3)C2)cc1. The van der Waals surface area contributed by atoms with Crippen molar-refractivity contribution in [2.45, 2.75) is 57.4 Å². The van der Waals surface area contributed by atoms with Crippen molar-refractivity contribution in [1.82, 2.24) is 0 Å². The van der Waals surface area contributed by atoms with Gasteiger partial charge in [0.2, 0.25) is 0 Å². The van der Waals surface area contributed by atoms with Crippen LogP contribution >= 0.6 is 0 Å². The molecule has 1 nitrogen and oxygen atoms in total. The molecule has 2 unspecified atom stereocenters. The van der Waals surface area contributed by atoms with Crippen LogP contribution in [0.3, 0.4) is 0 Å². The summed E-state index contributed by atoms with van der Waals surface area (Å²) in [7, 11) is 0. The standard InChI is InChI=1S/C17H25N/c1-13-4-6-14(7-5-13)11-17(18)10-2-3-16(12-17)15-8-9-15/h4-7,15-16H,2-3,8-12,18H2,1H3. The Balaban J connectivity index is 1.67. The summed E-state index contributed by atoms with van der Waals surface area (Å²) >= 11 is 0. The van der Waals surface area contributed by atoms with Crippen molar-refractivity contribution < 1.29 is 0 Å². The fourth-order valence-corrected chi connectivity index (χ4v) is 3.69. The number of hydrogen-bond acceptors (Lipinski definition) is 1. The largest absolute Gasteiger partial charge is 0.325 e. The number of rotatable bonds is 3. The Kier molecular flexibility index (Phi) is 3.19. The molecule has 0 heterocycles. The van der Waals surface area contributed by atoms with E-state index in [0.29, 0.717) is 0 Å². The average Bonchev–Trinajstić information content (AvgIpc) is 3.16. The van der Waals surface area contributed by atoms with Crippen LogP contribution in [0.15, 0.2) is 24.3 Å². The van der Waals surface area contributed by atoms with Gasteiger partial charge in [-0.05, 0) is 56.4 Å². The van der Waals surface area contributed by atoms with Gasteiger partial charge in [-0.2, -0.15) is 0 Å². The molecule has 0 aliphatic heterocycles. The fraction of sp³-hybridized carbons (Fsp3) is 0.647. The van der Waals surface area contributed by atoms with Crippen molar-refractivity contribution in [3.63, 3.8) is 0 Å². The van der Waals surface area contributed by atoms with Crippen LogP contribution in [0.5, 0.6) is 0 Å². The number of hydrogen-bond donors (Lipinski definition) is 1. The lowest BCUT2D eigenvalue weighted by atomic mass is 9.72. The van der Waals surface area contributed by atoms with Gasteiger partial charge in [0.1, 0.15) is 0 Å². The summed E-state index contributed by atoms with van der Waals surface area (Å²) in [6.07, 6.45) is 9.23. The quantitative estimate of drug-likeness (QED) is 0.857. The monoisotopic (exact) mass is 243 g/mol. The van der Waals surface area contributed by atoms with Gasteiger partial charge >= 0.3 is 0 Å². The van der Waals surface area contributed by atoms with E-state index in [4.69, 9.17) is 5.73 Å². The maximum absolute atomic E-state index is 6.69. The molecule has 98 valence electrons. The molecule has 1 heteroatoms. The van der Waals surface area contributed by atoms with Gasteiger partial charge in [0.15, 0.2) is 0 Å². The Bertz CT molecular complexity index is 404. The molecule has 1 aromatic carbocycles. The van der Waals surface area contributed by atoms with Crippen LogP contribution in [-0.4, -0.2) is 5.54 Å². The topological polar surface area (TPSA) is 26.0 Å². The van der Waals surface area contributed by atoms with Gasteiger partial charge < -0.3 is 5.73 Å². The molecule has 0 radical (unpaired) electrons. The molecule has 2 fully saturated rings. The fourth-order valence-electron chi connectivity index (χ4n) is 3.69. The highest BCUT2D eigenvalue weighted by Crippen LogP contribution is 2.46. The zero-order chi connectivity index (χ0) is 12.6. The minimum Gasteiger partial charge on any atom is -0.325 e. The van der Waals surface area contributed by atoms with Gasteiger partial charge in [0.25, 0.3) is 0 Å². The zero-order valence-electron chi connectivity index (χ0n) is 11.5. The van der Waals surface area contributed by atoms with Gasteiger partial charge in [-0.25, -0.2) is 0 Å². The van der Waals surface area contributed by atoms with E-state index in [2.05, 4.69) is 31.2 Å². The highest BCUT2D eigenvalue weighted by Gasteiger charge is 2.39. The summed E-state index contributed by atoms with van der Waals surface area (Å²) in [6.45, 7) is 2.14. The molecule has 2 aliphatic rings. The predicted molar refractivity (Wildman–Crippen MR) is 76.5 cm³/mol. The zero-order valence-corrected chi connectivity index (χ0v) is 11.5. The summed E-state index contributed by atoms with van der Waals surface area (Å²) < 4.78 is 0.